The number of rotatable bonds is 7. The smallest absolute Gasteiger partial charge is 0.195 e. The number of ether oxygens (including phenoxy) is 1. The van der Waals surface area contributed by atoms with Crippen molar-refractivity contribution in [1.29, 1.82) is 0 Å². The van der Waals surface area contributed by atoms with E-state index in [4.69, 9.17) is 4.74 Å². The molecule has 5 nitrogen and oxygen atoms in total. The van der Waals surface area contributed by atoms with Gasteiger partial charge < -0.3 is 9.30 Å². The third-order valence-corrected chi connectivity index (χ3v) is 5.97. The van der Waals surface area contributed by atoms with Crippen LogP contribution in [0.3, 0.4) is 0 Å². The summed E-state index contributed by atoms with van der Waals surface area (Å²) in [4.78, 5) is 21.5. The molecule has 0 unspecified atom stereocenters. The van der Waals surface area contributed by atoms with E-state index in [-0.39, 0.29) is 5.78 Å². The maximum Gasteiger partial charge on any atom is 0.195 e. The number of carbonyl (C=O) groups excluding carboxylic acids is 1. The summed E-state index contributed by atoms with van der Waals surface area (Å²) in [5.41, 5.74) is 3.08. The van der Waals surface area contributed by atoms with Crippen molar-refractivity contribution >= 4 is 24.9 Å². The van der Waals surface area contributed by atoms with Gasteiger partial charge in [0.1, 0.15) is 12.4 Å². The Hall–Kier alpha value is -2.31. The monoisotopic (exact) mass is 367 g/mol. The third-order valence-electron chi connectivity index (χ3n) is 4.26. The predicted molar refractivity (Wildman–Crippen MR) is 106 cm³/mol. The van der Waals surface area contributed by atoms with Crippen LogP contribution in [-0.2, 0) is 11.5 Å². The molecule has 3 aromatic rings. The predicted octanol–water partition coefficient (Wildman–Crippen LogP) is 4.28. The number of fused-ring (bicyclic) bond motifs is 1. The number of ketones is 1. The fraction of sp³-hybridized carbons (Fsp3) is 0.350. The van der Waals surface area contributed by atoms with Gasteiger partial charge in [0, 0.05) is 56.0 Å². The van der Waals surface area contributed by atoms with Gasteiger partial charge in [-0.25, -0.2) is 4.98 Å². The first-order valence-corrected chi connectivity index (χ1v) is 12.5. The van der Waals surface area contributed by atoms with Crippen LogP contribution in [0.4, 0.5) is 0 Å². The minimum Gasteiger partial charge on any atom is -0.361 e. The van der Waals surface area contributed by atoms with E-state index in [1.54, 1.807) is 24.5 Å². The average Bonchev–Trinajstić information content (AvgIpc) is 2.96. The molecule has 26 heavy (non-hydrogen) atoms. The molecule has 0 amide bonds. The van der Waals surface area contributed by atoms with Gasteiger partial charge in [0.05, 0.1) is 0 Å². The van der Waals surface area contributed by atoms with E-state index in [0.717, 1.165) is 29.2 Å². The van der Waals surface area contributed by atoms with Crippen LogP contribution in [0.25, 0.3) is 11.0 Å². The molecule has 3 aromatic heterocycles. The molecule has 0 spiro atoms. The Morgan fingerprint density at radius 3 is 2.65 bits per heavy atom. The highest BCUT2D eigenvalue weighted by atomic mass is 28.3. The second-order valence-corrected chi connectivity index (χ2v) is 13.4. The zero-order chi connectivity index (χ0) is 18.7. The lowest BCUT2D eigenvalue weighted by Crippen LogP contribution is -2.22. The Labute approximate surface area is 155 Å². The summed E-state index contributed by atoms with van der Waals surface area (Å²) in [6, 6.07) is 6.59. The highest BCUT2D eigenvalue weighted by Gasteiger charge is 2.18. The summed E-state index contributed by atoms with van der Waals surface area (Å²) in [5, 5.41) is 0.862. The van der Waals surface area contributed by atoms with Crippen LogP contribution in [-0.4, -0.2) is 35.0 Å². The summed E-state index contributed by atoms with van der Waals surface area (Å²) >= 11 is 0. The van der Waals surface area contributed by atoms with E-state index < -0.39 is 8.07 Å². The van der Waals surface area contributed by atoms with Crippen LogP contribution in [0.2, 0.25) is 25.7 Å². The van der Waals surface area contributed by atoms with Gasteiger partial charge in [-0.05, 0) is 36.7 Å². The molecular weight excluding hydrogens is 342 g/mol. The number of aromatic nitrogens is 3. The van der Waals surface area contributed by atoms with Crippen LogP contribution < -0.4 is 0 Å². The van der Waals surface area contributed by atoms with E-state index in [1.165, 1.54) is 0 Å². The first-order chi connectivity index (χ1) is 12.3. The summed E-state index contributed by atoms with van der Waals surface area (Å²) in [5.74, 6) is -0.0225. The highest BCUT2D eigenvalue weighted by molar-refractivity contribution is 6.76. The van der Waals surface area contributed by atoms with Crippen LogP contribution in [0, 0.1) is 6.92 Å². The number of carbonyl (C=O) groups is 1. The minimum atomic E-state index is -1.12. The molecule has 0 saturated carbocycles. The Balaban J connectivity index is 1.89. The molecule has 0 saturated heterocycles. The maximum absolute atomic E-state index is 12.9. The lowest BCUT2D eigenvalue weighted by Gasteiger charge is -2.15. The summed E-state index contributed by atoms with van der Waals surface area (Å²) < 4.78 is 7.79. The summed E-state index contributed by atoms with van der Waals surface area (Å²) in [7, 11) is -1.12. The average molecular weight is 368 g/mol. The Morgan fingerprint density at radius 2 is 1.96 bits per heavy atom. The molecule has 0 N–H and O–H groups in total. The Morgan fingerprint density at radius 1 is 1.23 bits per heavy atom. The summed E-state index contributed by atoms with van der Waals surface area (Å²) in [6.45, 7) is 10.1. The van der Waals surface area contributed by atoms with Gasteiger partial charge in [0.15, 0.2) is 5.78 Å². The van der Waals surface area contributed by atoms with Crippen LogP contribution in [0.1, 0.15) is 21.5 Å². The van der Waals surface area contributed by atoms with Gasteiger partial charge in [-0.15, -0.1) is 0 Å². The molecule has 0 aliphatic carbocycles. The normalized spacial score (nSPS) is 11.8. The van der Waals surface area contributed by atoms with Crippen molar-refractivity contribution in [1.82, 2.24) is 14.5 Å². The van der Waals surface area contributed by atoms with E-state index in [2.05, 4.69) is 29.6 Å². The van der Waals surface area contributed by atoms with Crippen molar-refractivity contribution in [2.75, 3.05) is 6.61 Å². The van der Waals surface area contributed by atoms with Crippen LogP contribution >= 0.6 is 0 Å². The van der Waals surface area contributed by atoms with Gasteiger partial charge in [-0.1, -0.05) is 19.6 Å². The highest BCUT2D eigenvalue weighted by Crippen LogP contribution is 2.23. The lowest BCUT2D eigenvalue weighted by atomic mass is 10.0. The van der Waals surface area contributed by atoms with Crippen molar-refractivity contribution < 1.29 is 9.53 Å². The fourth-order valence-electron chi connectivity index (χ4n) is 2.75. The molecule has 0 atom stereocenters. The van der Waals surface area contributed by atoms with Gasteiger partial charge >= 0.3 is 0 Å². The third kappa shape index (κ3) is 4.26. The molecule has 0 aliphatic rings. The van der Waals surface area contributed by atoms with E-state index >= 15 is 0 Å². The van der Waals surface area contributed by atoms with Crippen molar-refractivity contribution in [2.24, 2.45) is 0 Å². The molecule has 0 bridgehead atoms. The summed E-state index contributed by atoms with van der Waals surface area (Å²) in [6.07, 6.45) is 6.95. The first-order valence-electron chi connectivity index (χ1n) is 8.83. The van der Waals surface area contributed by atoms with Crippen molar-refractivity contribution in [3.05, 3.63) is 59.7 Å². The van der Waals surface area contributed by atoms with Gasteiger partial charge in [-0.3, -0.25) is 9.78 Å². The zero-order valence-electron chi connectivity index (χ0n) is 15.8. The number of aryl methyl sites for hydroxylation is 1. The minimum absolute atomic E-state index is 0.0225. The molecule has 6 heteroatoms. The number of nitrogens with zero attached hydrogens (tertiary/aromatic N) is 3. The largest absolute Gasteiger partial charge is 0.361 e. The lowest BCUT2D eigenvalue weighted by molar-refractivity contribution is 0.0896. The van der Waals surface area contributed by atoms with Crippen LogP contribution in [0.5, 0.6) is 0 Å². The Bertz CT molecular complexity index is 914. The molecule has 0 fully saturated rings. The maximum atomic E-state index is 12.9. The molecule has 136 valence electrons. The standard InChI is InChI=1S/C20H25N3O2Si/c1-15-11-17-18(19(24)16-5-7-21-8-6-16)13-23(20(17)22-12-15)14-25-9-10-26(2,3)4/h5-8,11-13H,9-10,14H2,1-4H3. The second kappa shape index (κ2) is 7.51. The van der Waals surface area contributed by atoms with Gasteiger partial charge in [0.2, 0.25) is 0 Å². The van der Waals surface area contributed by atoms with E-state index in [0.29, 0.717) is 17.9 Å². The number of pyridine rings is 2. The van der Waals surface area contributed by atoms with Crippen molar-refractivity contribution in [3.63, 3.8) is 0 Å². The molecule has 3 heterocycles. The number of hydrogen-bond acceptors (Lipinski definition) is 4. The Kier molecular flexibility index (Phi) is 5.34. The zero-order valence-corrected chi connectivity index (χ0v) is 16.8. The molecule has 0 aliphatic heterocycles. The number of hydrogen-bond donors (Lipinski definition) is 0. The SMILES string of the molecule is Cc1cnc2c(c1)c(C(=O)c1ccncc1)cn2COCC[Si](C)(C)C. The molecule has 0 radical (unpaired) electrons. The van der Waals surface area contributed by atoms with Crippen molar-refractivity contribution in [2.45, 2.75) is 39.3 Å². The quantitative estimate of drug-likeness (QED) is 0.355. The topological polar surface area (TPSA) is 57.0 Å². The van der Waals surface area contributed by atoms with Gasteiger partial charge in [-0.2, -0.15) is 0 Å². The van der Waals surface area contributed by atoms with Gasteiger partial charge in [0.25, 0.3) is 0 Å². The fourth-order valence-corrected chi connectivity index (χ4v) is 3.51. The van der Waals surface area contributed by atoms with Crippen LogP contribution in [0.15, 0.2) is 43.0 Å². The van der Waals surface area contributed by atoms with Crippen molar-refractivity contribution in [3.8, 4) is 0 Å². The molecular formula is C20H25N3O2Si. The van der Waals surface area contributed by atoms with E-state index in [1.807, 2.05) is 30.0 Å². The molecule has 3 rings (SSSR count). The molecule has 0 aromatic carbocycles. The first kappa shape index (κ1) is 18.5. The second-order valence-electron chi connectivity index (χ2n) is 7.81. The van der Waals surface area contributed by atoms with E-state index in [9.17, 15) is 4.79 Å².